The molecular weight excluding hydrogens is 349 g/mol. The second kappa shape index (κ2) is 8.22. The molecule has 0 fully saturated rings. The molecule has 1 heterocycles. The summed E-state index contributed by atoms with van der Waals surface area (Å²) in [4.78, 5) is 28.1. The molecule has 0 atom stereocenters. The van der Waals surface area contributed by atoms with E-state index in [2.05, 4.69) is 20.7 Å². The summed E-state index contributed by atoms with van der Waals surface area (Å²) in [5, 5.41) is 9.35. The minimum absolute atomic E-state index is 0.0225. The smallest absolute Gasteiger partial charge is 0.258 e. The van der Waals surface area contributed by atoms with Gasteiger partial charge in [0.2, 0.25) is 11.9 Å². The third-order valence-electron chi connectivity index (χ3n) is 3.82. The second-order valence-electron chi connectivity index (χ2n) is 5.95. The fraction of sp³-hybridized carbons (Fsp3) is 0.158. The molecule has 0 unspecified atom stereocenters. The number of benzene rings is 2. The molecule has 1 aromatic heterocycles. The van der Waals surface area contributed by atoms with Gasteiger partial charge in [0, 0.05) is 12.1 Å². The van der Waals surface area contributed by atoms with E-state index in [9.17, 15) is 14.0 Å². The standard InChI is InChI=1S/C19H18FN5O2/c1-13-9-15(7-8-16(13)20)18(27)23-19-22-12-25(24-19)11-17(26)21-10-14-5-3-2-4-6-14/h2-9,12H,10-11H2,1H3,(H,21,26)(H,23,24,27). The van der Waals surface area contributed by atoms with Crippen LogP contribution < -0.4 is 10.6 Å². The molecule has 3 rings (SSSR count). The van der Waals surface area contributed by atoms with Gasteiger partial charge in [0.1, 0.15) is 18.7 Å². The van der Waals surface area contributed by atoms with Crippen LogP contribution in [-0.4, -0.2) is 26.6 Å². The SMILES string of the molecule is Cc1cc(C(=O)Nc2ncn(CC(=O)NCc3ccccc3)n2)ccc1F. The number of amides is 2. The number of aromatic nitrogens is 3. The molecule has 2 N–H and O–H groups in total. The Bertz CT molecular complexity index is 956. The lowest BCUT2D eigenvalue weighted by Gasteiger charge is -2.05. The van der Waals surface area contributed by atoms with Gasteiger partial charge >= 0.3 is 0 Å². The van der Waals surface area contributed by atoms with Crippen molar-refractivity contribution in [1.82, 2.24) is 20.1 Å². The van der Waals surface area contributed by atoms with Gasteiger partial charge in [0.25, 0.3) is 5.91 Å². The first-order valence-corrected chi connectivity index (χ1v) is 8.29. The summed E-state index contributed by atoms with van der Waals surface area (Å²) in [6, 6.07) is 13.6. The van der Waals surface area contributed by atoms with E-state index in [0.29, 0.717) is 17.7 Å². The van der Waals surface area contributed by atoms with Crippen molar-refractivity contribution in [3.8, 4) is 0 Å². The zero-order valence-electron chi connectivity index (χ0n) is 14.6. The Kier molecular flexibility index (Phi) is 5.55. The van der Waals surface area contributed by atoms with Crippen molar-refractivity contribution in [2.24, 2.45) is 0 Å². The number of nitrogens with one attached hydrogen (secondary N) is 2. The van der Waals surface area contributed by atoms with Gasteiger partial charge in [0.15, 0.2) is 0 Å². The molecule has 7 nitrogen and oxygen atoms in total. The number of carbonyl (C=O) groups excluding carboxylic acids is 2. The zero-order chi connectivity index (χ0) is 19.2. The molecule has 0 saturated carbocycles. The predicted molar refractivity (Wildman–Crippen MR) is 97.4 cm³/mol. The van der Waals surface area contributed by atoms with Gasteiger partial charge in [-0.2, -0.15) is 0 Å². The lowest BCUT2D eigenvalue weighted by atomic mass is 10.1. The highest BCUT2D eigenvalue weighted by Crippen LogP contribution is 2.10. The molecule has 0 aliphatic carbocycles. The van der Waals surface area contributed by atoms with Crippen molar-refractivity contribution in [2.75, 3.05) is 5.32 Å². The van der Waals surface area contributed by atoms with E-state index >= 15 is 0 Å². The first kappa shape index (κ1) is 18.2. The number of anilines is 1. The van der Waals surface area contributed by atoms with Crippen LogP contribution in [0.1, 0.15) is 21.5 Å². The van der Waals surface area contributed by atoms with E-state index in [1.165, 1.54) is 29.2 Å². The molecule has 0 spiro atoms. The molecule has 0 aliphatic heterocycles. The zero-order valence-corrected chi connectivity index (χ0v) is 14.6. The molecule has 2 amide bonds. The van der Waals surface area contributed by atoms with Crippen LogP contribution in [0.3, 0.4) is 0 Å². The van der Waals surface area contributed by atoms with E-state index < -0.39 is 5.91 Å². The van der Waals surface area contributed by atoms with E-state index in [4.69, 9.17) is 0 Å². The molecule has 3 aromatic rings. The van der Waals surface area contributed by atoms with Gasteiger partial charge in [-0.3, -0.25) is 14.9 Å². The summed E-state index contributed by atoms with van der Waals surface area (Å²) >= 11 is 0. The largest absolute Gasteiger partial charge is 0.350 e. The Morgan fingerprint density at radius 3 is 2.67 bits per heavy atom. The van der Waals surface area contributed by atoms with Crippen LogP contribution >= 0.6 is 0 Å². The Labute approximate surface area is 155 Å². The van der Waals surface area contributed by atoms with Crippen LogP contribution in [-0.2, 0) is 17.9 Å². The number of rotatable bonds is 6. The normalized spacial score (nSPS) is 10.4. The maximum Gasteiger partial charge on any atom is 0.258 e. The Morgan fingerprint density at radius 2 is 1.93 bits per heavy atom. The summed E-state index contributed by atoms with van der Waals surface area (Å²) < 4.78 is 14.6. The number of hydrogen-bond donors (Lipinski definition) is 2. The van der Waals surface area contributed by atoms with Crippen LogP contribution in [0.5, 0.6) is 0 Å². The van der Waals surface area contributed by atoms with E-state index in [1.807, 2.05) is 30.3 Å². The Balaban J connectivity index is 1.54. The van der Waals surface area contributed by atoms with Crippen molar-refractivity contribution < 1.29 is 14.0 Å². The lowest BCUT2D eigenvalue weighted by Crippen LogP contribution is -2.27. The summed E-state index contributed by atoms with van der Waals surface area (Å²) in [5.74, 6) is -0.992. The Morgan fingerprint density at radius 1 is 1.15 bits per heavy atom. The average Bonchev–Trinajstić information content (AvgIpc) is 3.09. The lowest BCUT2D eigenvalue weighted by molar-refractivity contribution is -0.122. The van der Waals surface area contributed by atoms with Crippen molar-refractivity contribution in [3.63, 3.8) is 0 Å². The molecule has 0 radical (unpaired) electrons. The minimum Gasteiger partial charge on any atom is -0.350 e. The molecule has 2 aromatic carbocycles. The van der Waals surface area contributed by atoms with E-state index in [0.717, 1.165) is 5.56 Å². The second-order valence-corrected chi connectivity index (χ2v) is 5.95. The minimum atomic E-state index is -0.454. The molecule has 0 aliphatic rings. The fourth-order valence-corrected chi connectivity index (χ4v) is 2.39. The first-order valence-electron chi connectivity index (χ1n) is 8.29. The number of nitrogens with zero attached hydrogens (tertiary/aromatic N) is 3. The monoisotopic (exact) mass is 367 g/mol. The summed E-state index contributed by atoms with van der Waals surface area (Å²) in [5.41, 5.74) is 1.66. The average molecular weight is 367 g/mol. The fourth-order valence-electron chi connectivity index (χ4n) is 2.39. The number of hydrogen-bond acceptors (Lipinski definition) is 4. The molecule has 27 heavy (non-hydrogen) atoms. The highest BCUT2D eigenvalue weighted by molar-refractivity contribution is 6.03. The van der Waals surface area contributed by atoms with Gasteiger partial charge in [0.05, 0.1) is 0 Å². The number of aryl methyl sites for hydroxylation is 1. The van der Waals surface area contributed by atoms with Gasteiger partial charge in [-0.1, -0.05) is 30.3 Å². The highest BCUT2D eigenvalue weighted by Gasteiger charge is 2.12. The summed E-state index contributed by atoms with van der Waals surface area (Å²) in [6.45, 7) is 1.97. The van der Waals surface area contributed by atoms with Gasteiger partial charge in [-0.15, -0.1) is 5.10 Å². The van der Waals surface area contributed by atoms with Gasteiger partial charge < -0.3 is 5.32 Å². The molecule has 138 valence electrons. The predicted octanol–water partition coefficient (Wildman–Crippen LogP) is 2.29. The summed E-state index contributed by atoms with van der Waals surface area (Å²) in [6.07, 6.45) is 1.35. The Hall–Kier alpha value is -3.55. The van der Waals surface area contributed by atoms with Crippen LogP contribution in [0.25, 0.3) is 0 Å². The summed E-state index contributed by atoms with van der Waals surface area (Å²) in [7, 11) is 0. The van der Waals surface area contributed by atoms with Crippen LogP contribution in [0.4, 0.5) is 10.3 Å². The maximum absolute atomic E-state index is 13.3. The van der Waals surface area contributed by atoms with Crippen LogP contribution in [0.2, 0.25) is 0 Å². The third kappa shape index (κ3) is 4.97. The van der Waals surface area contributed by atoms with Crippen molar-refractivity contribution >= 4 is 17.8 Å². The first-order chi connectivity index (χ1) is 13.0. The van der Waals surface area contributed by atoms with Gasteiger partial charge in [-0.25, -0.2) is 14.1 Å². The van der Waals surface area contributed by atoms with Crippen molar-refractivity contribution in [2.45, 2.75) is 20.0 Å². The van der Waals surface area contributed by atoms with E-state index in [1.54, 1.807) is 6.92 Å². The van der Waals surface area contributed by atoms with Crippen molar-refractivity contribution in [1.29, 1.82) is 0 Å². The van der Waals surface area contributed by atoms with Crippen LogP contribution in [0, 0.1) is 12.7 Å². The highest BCUT2D eigenvalue weighted by atomic mass is 19.1. The van der Waals surface area contributed by atoms with E-state index in [-0.39, 0.29) is 24.2 Å². The topological polar surface area (TPSA) is 88.9 Å². The number of carbonyl (C=O) groups is 2. The van der Waals surface area contributed by atoms with Gasteiger partial charge in [-0.05, 0) is 36.2 Å². The third-order valence-corrected chi connectivity index (χ3v) is 3.82. The molecule has 0 bridgehead atoms. The maximum atomic E-state index is 13.3. The molecule has 0 saturated heterocycles. The molecular formula is C19H18FN5O2. The quantitative estimate of drug-likeness (QED) is 0.700. The van der Waals surface area contributed by atoms with Crippen molar-refractivity contribution in [3.05, 3.63) is 77.4 Å². The van der Waals surface area contributed by atoms with Crippen LogP contribution in [0.15, 0.2) is 54.9 Å². The number of halogens is 1. The molecule has 8 heteroatoms.